The minimum atomic E-state index is -0.160. The fraction of sp³-hybridized carbons (Fsp3) is 0.143. The molecule has 2 aromatic carbocycles. The third-order valence-electron chi connectivity index (χ3n) is 4.61. The Bertz CT molecular complexity index is 1130. The number of aryl methyl sites for hydroxylation is 1. The van der Waals surface area contributed by atoms with E-state index in [1.165, 1.54) is 11.3 Å². The van der Waals surface area contributed by atoms with Gasteiger partial charge in [-0.3, -0.25) is 4.79 Å². The van der Waals surface area contributed by atoms with E-state index in [0.717, 1.165) is 32.7 Å². The van der Waals surface area contributed by atoms with Crippen LogP contribution in [-0.4, -0.2) is 15.7 Å². The number of aromatic nitrogens is 2. The summed E-state index contributed by atoms with van der Waals surface area (Å²) < 4.78 is 2.92. The second-order valence-corrected chi connectivity index (χ2v) is 7.75. The molecule has 0 atom stereocenters. The van der Waals surface area contributed by atoms with Crippen molar-refractivity contribution in [3.8, 4) is 5.69 Å². The predicted octanol–water partition coefficient (Wildman–Crippen LogP) is 5.29. The van der Waals surface area contributed by atoms with Crippen LogP contribution >= 0.6 is 22.9 Å². The second-order valence-electron chi connectivity index (χ2n) is 6.32. The van der Waals surface area contributed by atoms with Crippen molar-refractivity contribution in [2.45, 2.75) is 20.4 Å². The molecule has 1 amide bonds. The molecule has 4 nitrogen and oxygen atoms in total. The van der Waals surface area contributed by atoms with Gasteiger partial charge in [-0.1, -0.05) is 48.0 Å². The summed E-state index contributed by atoms with van der Waals surface area (Å²) >= 11 is 7.83. The van der Waals surface area contributed by atoms with Crippen molar-refractivity contribution in [3.05, 3.63) is 81.4 Å². The molecule has 6 heteroatoms. The molecule has 4 aromatic rings. The number of rotatable bonds is 4. The third kappa shape index (κ3) is 3.24. The molecule has 0 aliphatic heterocycles. The topological polar surface area (TPSA) is 46.9 Å². The van der Waals surface area contributed by atoms with Crippen LogP contribution in [0.25, 0.3) is 15.8 Å². The molecule has 0 unspecified atom stereocenters. The van der Waals surface area contributed by atoms with Crippen molar-refractivity contribution < 1.29 is 4.79 Å². The summed E-state index contributed by atoms with van der Waals surface area (Å²) in [4.78, 5) is 13.2. The van der Waals surface area contributed by atoms with Crippen molar-refractivity contribution in [1.82, 2.24) is 15.1 Å². The lowest BCUT2D eigenvalue weighted by molar-refractivity contribution is 0.0955. The molecule has 0 aliphatic carbocycles. The van der Waals surface area contributed by atoms with Gasteiger partial charge >= 0.3 is 0 Å². The summed E-state index contributed by atoms with van der Waals surface area (Å²) in [6.45, 7) is 4.38. The molecule has 0 bridgehead atoms. The van der Waals surface area contributed by atoms with E-state index in [-0.39, 0.29) is 5.91 Å². The fourth-order valence-corrected chi connectivity index (χ4v) is 4.59. The Balaban J connectivity index is 1.57. The van der Waals surface area contributed by atoms with Gasteiger partial charge in [0.2, 0.25) is 0 Å². The van der Waals surface area contributed by atoms with Gasteiger partial charge in [0.25, 0.3) is 5.91 Å². The number of nitrogens with zero attached hydrogens (tertiary/aromatic N) is 2. The van der Waals surface area contributed by atoms with Gasteiger partial charge in [0.05, 0.1) is 16.4 Å². The standard InChI is InChI=1S/C21H18ClN3OS/c1-13-17(14(2)25(24-13)15-8-4-3-5-9-15)12-23-21(26)20-19(22)16-10-6-7-11-18(16)27-20/h3-11H,12H2,1-2H3,(H,23,26). The Labute approximate surface area is 166 Å². The maximum absolute atomic E-state index is 12.7. The molecular weight excluding hydrogens is 378 g/mol. The van der Waals surface area contributed by atoms with Crippen molar-refractivity contribution >= 4 is 38.9 Å². The van der Waals surface area contributed by atoms with Crippen LogP contribution in [0.5, 0.6) is 0 Å². The Hall–Kier alpha value is -2.63. The fourth-order valence-electron chi connectivity index (χ4n) is 3.16. The first-order chi connectivity index (χ1) is 13.1. The number of fused-ring (bicyclic) bond motifs is 1. The van der Waals surface area contributed by atoms with E-state index in [1.54, 1.807) is 0 Å². The first-order valence-electron chi connectivity index (χ1n) is 8.62. The molecule has 0 fully saturated rings. The minimum absolute atomic E-state index is 0.160. The average molecular weight is 396 g/mol. The molecule has 27 heavy (non-hydrogen) atoms. The van der Waals surface area contributed by atoms with Crippen LogP contribution in [0.2, 0.25) is 5.02 Å². The zero-order valence-corrected chi connectivity index (χ0v) is 16.6. The number of thiophene rings is 1. The quantitative estimate of drug-likeness (QED) is 0.510. The van der Waals surface area contributed by atoms with Gasteiger partial charge in [0, 0.05) is 27.9 Å². The zero-order valence-electron chi connectivity index (χ0n) is 15.0. The minimum Gasteiger partial charge on any atom is -0.347 e. The molecule has 1 N–H and O–H groups in total. The summed E-state index contributed by atoms with van der Waals surface area (Å²) in [6, 6.07) is 17.7. The zero-order chi connectivity index (χ0) is 19.0. The molecule has 2 heterocycles. The lowest BCUT2D eigenvalue weighted by Gasteiger charge is -2.07. The van der Waals surface area contributed by atoms with Gasteiger partial charge in [0.15, 0.2) is 0 Å². The highest BCUT2D eigenvalue weighted by atomic mass is 35.5. The molecule has 4 rings (SSSR count). The van der Waals surface area contributed by atoms with Crippen LogP contribution in [0, 0.1) is 13.8 Å². The number of hydrogen-bond donors (Lipinski definition) is 1. The Kier molecular flexibility index (Phi) is 4.72. The molecule has 0 saturated carbocycles. The van der Waals surface area contributed by atoms with E-state index in [4.69, 9.17) is 11.6 Å². The maximum Gasteiger partial charge on any atom is 0.263 e. The normalized spacial score (nSPS) is 11.1. The molecule has 2 aromatic heterocycles. The van der Waals surface area contributed by atoms with Gasteiger partial charge < -0.3 is 5.32 Å². The third-order valence-corrected chi connectivity index (χ3v) is 6.28. The van der Waals surface area contributed by atoms with E-state index in [9.17, 15) is 4.79 Å². The van der Waals surface area contributed by atoms with E-state index < -0.39 is 0 Å². The van der Waals surface area contributed by atoms with Crippen LogP contribution < -0.4 is 5.32 Å². The Morgan fingerprint density at radius 1 is 1.11 bits per heavy atom. The van der Waals surface area contributed by atoms with Crippen molar-refractivity contribution in [2.24, 2.45) is 0 Å². The summed E-state index contributed by atoms with van der Waals surface area (Å²) in [5.74, 6) is -0.160. The number of carbonyl (C=O) groups excluding carboxylic acids is 1. The summed E-state index contributed by atoms with van der Waals surface area (Å²) in [5.41, 5.74) is 3.94. The molecular formula is C21H18ClN3OS. The van der Waals surface area contributed by atoms with Gasteiger partial charge in [-0.05, 0) is 32.0 Å². The predicted molar refractivity (Wildman–Crippen MR) is 111 cm³/mol. The lowest BCUT2D eigenvalue weighted by Crippen LogP contribution is -2.22. The largest absolute Gasteiger partial charge is 0.347 e. The number of nitrogens with one attached hydrogen (secondary N) is 1. The van der Waals surface area contributed by atoms with Gasteiger partial charge in [-0.2, -0.15) is 5.10 Å². The summed E-state index contributed by atoms with van der Waals surface area (Å²) in [7, 11) is 0. The average Bonchev–Trinajstić information content (AvgIpc) is 3.17. The van der Waals surface area contributed by atoms with Crippen LogP contribution in [0.3, 0.4) is 0 Å². The second kappa shape index (κ2) is 7.18. The molecule has 0 saturated heterocycles. The number of benzene rings is 2. The molecule has 0 aliphatic rings. The smallest absolute Gasteiger partial charge is 0.263 e. The highest BCUT2D eigenvalue weighted by molar-refractivity contribution is 7.21. The van der Waals surface area contributed by atoms with E-state index >= 15 is 0 Å². The SMILES string of the molecule is Cc1nn(-c2ccccc2)c(C)c1CNC(=O)c1sc2ccccc2c1Cl. The van der Waals surface area contributed by atoms with Crippen LogP contribution in [-0.2, 0) is 6.54 Å². The number of hydrogen-bond acceptors (Lipinski definition) is 3. The maximum atomic E-state index is 12.7. The van der Waals surface area contributed by atoms with Gasteiger partial charge in [-0.25, -0.2) is 4.68 Å². The van der Waals surface area contributed by atoms with Crippen molar-refractivity contribution in [2.75, 3.05) is 0 Å². The van der Waals surface area contributed by atoms with Crippen LogP contribution in [0.15, 0.2) is 54.6 Å². The molecule has 136 valence electrons. The summed E-state index contributed by atoms with van der Waals surface area (Å²) in [6.07, 6.45) is 0. The number of para-hydroxylation sites is 1. The summed E-state index contributed by atoms with van der Waals surface area (Å²) in [5, 5.41) is 9.05. The first-order valence-corrected chi connectivity index (χ1v) is 9.81. The monoisotopic (exact) mass is 395 g/mol. The van der Waals surface area contributed by atoms with E-state index in [0.29, 0.717) is 16.4 Å². The Morgan fingerprint density at radius 3 is 2.56 bits per heavy atom. The molecule has 0 spiro atoms. The first kappa shape index (κ1) is 17.8. The van der Waals surface area contributed by atoms with Crippen molar-refractivity contribution in [1.29, 1.82) is 0 Å². The lowest BCUT2D eigenvalue weighted by atomic mass is 10.2. The van der Waals surface area contributed by atoms with Crippen LogP contribution in [0.1, 0.15) is 26.6 Å². The highest BCUT2D eigenvalue weighted by Gasteiger charge is 2.18. The van der Waals surface area contributed by atoms with Crippen molar-refractivity contribution in [3.63, 3.8) is 0 Å². The van der Waals surface area contributed by atoms with E-state index in [2.05, 4.69) is 10.4 Å². The number of amides is 1. The van der Waals surface area contributed by atoms with Gasteiger partial charge in [0.1, 0.15) is 4.88 Å². The van der Waals surface area contributed by atoms with Crippen LogP contribution in [0.4, 0.5) is 0 Å². The van der Waals surface area contributed by atoms with Gasteiger partial charge in [-0.15, -0.1) is 11.3 Å². The number of halogens is 1. The molecule has 0 radical (unpaired) electrons. The van der Waals surface area contributed by atoms with E-state index in [1.807, 2.05) is 73.1 Å². The Morgan fingerprint density at radius 2 is 1.81 bits per heavy atom. The highest BCUT2D eigenvalue weighted by Crippen LogP contribution is 2.35. The number of carbonyl (C=O) groups is 1.